The smallest absolute Gasteiger partial charge is 0.288 e. The van der Waals surface area contributed by atoms with Crippen molar-refractivity contribution < 1.29 is 9.72 Å². The fraction of sp³-hybridized carbons (Fsp3) is 0. The maximum atomic E-state index is 12.0. The molecule has 0 N–H and O–H groups in total. The van der Waals surface area contributed by atoms with Crippen LogP contribution in [0.1, 0.15) is 21.5 Å². The Labute approximate surface area is 131 Å². The van der Waals surface area contributed by atoms with Crippen molar-refractivity contribution in [1.82, 2.24) is 0 Å². The molecule has 0 aliphatic rings. The van der Waals surface area contributed by atoms with Crippen LogP contribution in [0.3, 0.4) is 0 Å². The van der Waals surface area contributed by atoms with Crippen LogP contribution in [0.25, 0.3) is 6.08 Å². The van der Waals surface area contributed by atoms with E-state index in [1.807, 2.05) is 6.07 Å². The molecule has 2 aromatic carbocycles. The number of carbonyl (C=O) groups is 1. The number of halogens is 1. The van der Waals surface area contributed by atoms with E-state index < -0.39 is 4.92 Å². The van der Waals surface area contributed by atoms with E-state index in [4.69, 9.17) is 16.9 Å². The predicted octanol–water partition coefficient (Wildman–Crippen LogP) is 4.02. The van der Waals surface area contributed by atoms with Crippen molar-refractivity contribution in [3.63, 3.8) is 0 Å². The second-order valence-electron chi connectivity index (χ2n) is 4.35. The zero-order chi connectivity index (χ0) is 16.1. The molecule has 0 aromatic heterocycles. The molecule has 0 unspecified atom stereocenters. The number of carbonyl (C=O) groups excluding carboxylic acids is 1. The fourth-order valence-electron chi connectivity index (χ4n) is 1.75. The third-order valence-corrected chi connectivity index (χ3v) is 3.21. The Kier molecular flexibility index (Phi) is 4.66. The highest BCUT2D eigenvalue weighted by Gasteiger charge is 2.11. The molecule has 0 saturated heterocycles. The molecule has 2 aromatic rings. The Morgan fingerprint density at radius 1 is 1.23 bits per heavy atom. The molecule has 108 valence electrons. The summed E-state index contributed by atoms with van der Waals surface area (Å²) in [6.07, 6.45) is 2.79. The van der Waals surface area contributed by atoms with Gasteiger partial charge in [0.05, 0.1) is 16.6 Å². The summed E-state index contributed by atoms with van der Waals surface area (Å²) < 4.78 is 0. The molecule has 0 atom stereocenters. The molecule has 5 nitrogen and oxygen atoms in total. The number of hydrogen-bond acceptors (Lipinski definition) is 4. The van der Waals surface area contributed by atoms with Gasteiger partial charge in [0.25, 0.3) is 5.69 Å². The highest BCUT2D eigenvalue weighted by molar-refractivity contribution is 6.32. The van der Waals surface area contributed by atoms with Gasteiger partial charge in [-0.15, -0.1) is 0 Å². The maximum absolute atomic E-state index is 12.0. The Balaban J connectivity index is 2.20. The third kappa shape index (κ3) is 3.57. The molecule has 0 aliphatic carbocycles. The van der Waals surface area contributed by atoms with E-state index >= 15 is 0 Å². The molecule has 0 radical (unpaired) electrons. The van der Waals surface area contributed by atoms with Crippen molar-refractivity contribution in [2.45, 2.75) is 0 Å². The molecule has 0 aliphatic heterocycles. The van der Waals surface area contributed by atoms with Crippen LogP contribution in [-0.2, 0) is 0 Å². The van der Waals surface area contributed by atoms with Crippen LogP contribution in [0.15, 0.2) is 48.5 Å². The molecule has 0 spiro atoms. The number of allylic oxidation sites excluding steroid dienone is 1. The van der Waals surface area contributed by atoms with Gasteiger partial charge in [0, 0.05) is 11.6 Å². The third-order valence-electron chi connectivity index (χ3n) is 2.89. The lowest BCUT2D eigenvalue weighted by Gasteiger charge is -1.98. The molecule has 6 heteroatoms. The minimum Gasteiger partial charge on any atom is -0.289 e. The normalized spacial score (nSPS) is 10.4. The minimum atomic E-state index is -0.581. The lowest BCUT2D eigenvalue weighted by molar-refractivity contribution is -0.384. The van der Waals surface area contributed by atoms with E-state index in [1.165, 1.54) is 24.3 Å². The number of nitriles is 1. The van der Waals surface area contributed by atoms with Crippen molar-refractivity contribution in [2.24, 2.45) is 0 Å². The van der Waals surface area contributed by atoms with Crippen LogP contribution >= 0.6 is 11.6 Å². The van der Waals surface area contributed by atoms with E-state index in [9.17, 15) is 14.9 Å². The summed E-state index contributed by atoms with van der Waals surface area (Å²) in [5.74, 6) is -0.262. The molecule has 0 saturated carbocycles. The second-order valence-corrected chi connectivity index (χ2v) is 4.76. The zero-order valence-electron chi connectivity index (χ0n) is 11.2. The summed E-state index contributed by atoms with van der Waals surface area (Å²) >= 11 is 5.72. The molecule has 0 bridgehead atoms. The largest absolute Gasteiger partial charge is 0.289 e. The van der Waals surface area contributed by atoms with Crippen molar-refractivity contribution in [3.05, 3.63) is 80.4 Å². The van der Waals surface area contributed by atoms with Crippen LogP contribution in [0.4, 0.5) is 5.69 Å². The topological polar surface area (TPSA) is 84.0 Å². The van der Waals surface area contributed by atoms with Crippen molar-refractivity contribution in [2.75, 3.05) is 0 Å². The molecule has 0 amide bonds. The first-order valence-corrected chi connectivity index (χ1v) is 6.55. The quantitative estimate of drug-likeness (QED) is 0.369. The lowest BCUT2D eigenvalue weighted by Crippen LogP contribution is -1.94. The standard InChI is InChI=1S/C16H9ClN2O3/c17-14-7-3-11(9-15(14)19(21)22)4-8-16(20)13-5-1-12(10-18)2-6-13/h1-9H. The average molecular weight is 313 g/mol. The number of nitrogens with zero attached hydrogens (tertiary/aromatic N) is 2. The summed E-state index contributed by atoms with van der Waals surface area (Å²) in [6, 6.07) is 12.5. The maximum Gasteiger partial charge on any atom is 0.288 e. The molecule has 2 rings (SSSR count). The Morgan fingerprint density at radius 2 is 1.91 bits per heavy atom. The number of rotatable bonds is 4. The number of benzene rings is 2. The Morgan fingerprint density at radius 3 is 2.50 bits per heavy atom. The van der Waals surface area contributed by atoms with Crippen LogP contribution in [0, 0.1) is 21.4 Å². The number of ketones is 1. The summed E-state index contributed by atoms with van der Waals surface area (Å²) in [6.45, 7) is 0. The summed E-state index contributed by atoms with van der Waals surface area (Å²) in [7, 11) is 0. The monoisotopic (exact) mass is 312 g/mol. The van der Waals surface area contributed by atoms with Crippen LogP contribution in [-0.4, -0.2) is 10.7 Å². The average Bonchev–Trinajstić information content (AvgIpc) is 2.53. The van der Waals surface area contributed by atoms with E-state index in [2.05, 4.69) is 0 Å². The minimum absolute atomic E-state index is 0.0422. The number of hydrogen-bond donors (Lipinski definition) is 0. The zero-order valence-corrected chi connectivity index (χ0v) is 11.9. The van der Waals surface area contributed by atoms with Crippen molar-refractivity contribution >= 4 is 29.1 Å². The first kappa shape index (κ1) is 15.4. The predicted molar refractivity (Wildman–Crippen MR) is 82.6 cm³/mol. The summed E-state index contributed by atoms with van der Waals surface area (Å²) in [5.41, 5.74) is 1.18. The Bertz CT molecular complexity index is 805. The summed E-state index contributed by atoms with van der Waals surface area (Å²) in [5, 5.41) is 19.5. The lowest BCUT2D eigenvalue weighted by atomic mass is 10.1. The van der Waals surface area contributed by atoms with Crippen LogP contribution < -0.4 is 0 Å². The van der Waals surface area contributed by atoms with Gasteiger partial charge in [-0.3, -0.25) is 14.9 Å². The van der Waals surface area contributed by atoms with Gasteiger partial charge in [0.2, 0.25) is 0 Å². The second kappa shape index (κ2) is 6.66. The van der Waals surface area contributed by atoms with Crippen LogP contribution in [0.5, 0.6) is 0 Å². The molecular formula is C16H9ClN2O3. The van der Waals surface area contributed by atoms with Crippen molar-refractivity contribution in [1.29, 1.82) is 5.26 Å². The fourth-order valence-corrected chi connectivity index (χ4v) is 1.94. The van der Waals surface area contributed by atoms with Gasteiger partial charge in [0.1, 0.15) is 5.02 Å². The molecule has 22 heavy (non-hydrogen) atoms. The number of nitro groups is 1. The van der Waals surface area contributed by atoms with E-state index in [-0.39, 0.29) is 16.5 Å². The first-order valence-electron chi connectivity index (χ1n) is 6.18. The van der Waals surface area contributed by atoms with E-state index in [0.717, 1.165) is 0 Å². The highest BCUT2D eigenvalue weighted by atomic mass is 35.5. The van der Waals surface area contributed by atoms with Gasteiger partial charge >= 0.3 is 0 Å². The van der Waals surface area contributed by atoms with Crippen LogP contribution in [0.2, 0.25) is 5.02 Å². The molecule has 0 heterocycles. The van der Waals surface area contributed by atoms with Gasteiger partial charge < -0.3 is 0 Å². The Hall–Kier alpha value is -2.97. The first-order chi connectivity index (χ1) is 10.5. The van der Waals surface area contributed by atoms with E-state index in [0.29, 0.717) is 16.7 Å². The summed E-state index contributed by atoms with van der Waals surface area (Å²) in [4.78, 5) is 22.2. The van der Waals surface area contributed by atoms with E-state index in [1.54, 1.807) is 30.3 Å². The van der Waals surface area contributed by atoms with Crippen molar-refractivity contribution in [3.8, 4) is 6.07 Å². The SMILES string of the molecule is N#Cc1ccc(C(=O)C=Cc2ccc(Cl)c([N+](=O)[O-])c2)cc1. The van der Waals surface area contributed by atoms with Gasteiger partial charge in [-0.05, 0) is 42.0 Å². The molecular weight excluding hydrogens is 304 g/mol. The number of nitro benzene ring substituents is 1. The van der Waals surface area contributed by atoms with Gasteiger partial charge in [-0.1, -0.05) is 23.7 Å². The highest BCUT2D eigenvalue weighted by Crippen LogP contribution is 2.25. The molecule has 0 fully saturated rings. The van der Waals surface area contributed by atoms with Gasteiger partial charge in [0.15, 0.2) is 5.78 Å². The van der Waals surface area contributed by atoms with Gasteiger partial charge in [-0.25, -0.2) is 0 Å². The van der Waals surface area contributed by atoms with Gasteiger partial charge in [-0.2, -0.15) is 5.26 Å².